The van der Waals surface area contributed by atoms with Gasteiger partial charge in [-0.05, 0) is 34.5 Å². The number of ether oxygens (including phenoxy) is 1. The molecule has 0 N–H and O–H groups in total. The van der Waals surface area contributed by atoms with Crippen molar-refractivity contribution in [2.24, 2.45) is 0 Å². The molecule has 1 saturated heterocycles. The lowest BCUT2D eigenvalue weighted by Crippen LogP contribution is -2.52. The molecule has 7 heteroatoms. The molecule has 110 valence electrons. The van der Waals surface area contributed by atoms with Crippen LogP contribution in [0.4, 0.5) is 0 Å². The van der Waals surface area contributed by atoms with E-state index in [4.69, 9.17) is 4.74 Å². The summed E-state index contributed by atoms with van der Waals surface area (Å²) in [6.45, 7) is 0.161. The molecule has 6 nitrogen and oxygen atoms in total. The van der Waals surface area contributed by atoms with Gasteiger partial charge in [0.1, 0.15) is 5.75 Å². The summed E-state index contributed by atoms with van der Waals surface area (Å²) < 4.78 is 6.04. The average Bonchev–Trinajstić information content (AvgIpc) is 2.76. The molecule has 1 fully saturated rings. The first kappa shape index (κ1) is 14.1. The number of amides is 3. The highest BCUT2D eigenvalue weighted by Crippen LogP contribution is 2.37. The van der Waals surface area contributed by atoms with Crippen LogP contribution in [0.2, 0.25) is 0 Å². The standard InChI is InChI=1S/C14H13BrN2O4/c1-21-13-9-7-16(14(20)8(9)5-6-10(13)15)17-11(18)3-2-4-12(17)19/h5-6H,2-4,7H2,1H3. The van der Waals surface area contributed by atoms with Gasteiger partial charge in [0.2, 0.25) is 11.8 Å². The van der Waals surface area contributed by atoms with Gasteiger partial charge in [-0.1, -0.05) is 0 Å². The summed E-state index contributed by atoms with van der Waals surface area (Å²) in [5, 5.41) is 2.20. The Morgan fingerprint density at radius 2 is 1.81 bits per heavy atom. The minimum absolute atomic E-state index is 0.161. The van der Waals surface area contributed by atoms with E-state index in [1.807, 2.05) is 0 Å². The van der Waals surface area contributed by atoms with Crippen LogP contribution in [0.5, 0.6) is 5.75 Å². The maximum atomic E-state index is 12.5. The zero-order valence-corrected chi connectivity index (χ0v) is 13.0. The molecule has 0 aromatic heterocycles. The van der Waals surface area contributed by atoms with Crippen molar-refractivity contribution in [1.29, 1.82) is 0 Å². The predicted molar refractivity (Wildman–Crippen MR) is 76.3 cm³/mol. The van der Waals surface area contributed by atoms with E-state index in [2.05, 4.69) is 15.9 Å². The molecular weight excluding hydrogens is 340 g/mol. The van der Waals surface area contributed by atoms with Crippen LogP contribution < -0.4 is 4.74 Å². The molecule has 0 atom stereocenters. The van der Waals surface area contributed by atoms with Crippen LogP contribution in [0, 0.1) is 0 Å². The van der Waals surface area contributed by atoms with Crippen LogP contribution in [0.25, 0.3) is 0 Å². The first-order valence-corrected chi connectivity index (χ1v) is 7.37. The van der Waals surface area contributed by atoms with Gasteiger partial charge in [0.25, 0.3) is 5.91 Å². The molecule has 0 spiro atoms. The van der Waals surface area contributed by atoms with Gasteiger partial charge in [0.05, 0.1) is 23.7 Å². The molecule has 0 saturated carbocycles. The van der Waals surface area contributed by atoms with Gasteiger partial charge in [-0.2, -0.15) is 5.01 Å². The number of hydrazine groups is 1. The third kappa shape index (κ3) is 2.12. The Hall–Kier alpha value is -1.89. The Morgan fingerprint density at radius 1 is 1.14 bits per heavy atom. The fraction of sp³-hybridized carbons (Fsp3) is 0.357. The van der Waals surface area contributed by atoms with Crippen LogP contribution in [-0.4, -0.2) is 34.8 Å². The van der Waals surface area contributed by atoms with E-state index in [1.165, 1.54) is 12.1 Å². The molecular formula is C14H13BrN2O4. The largest absolute Gasteiger partial charge is 0.495 e. The molecule has 1 aromatic carbocycles. The fourth-order valence-corrected chi connectivity index (χ4v) is 3.24. The summed E-state index contributed by atoms with van der Waals surface area (Å²) in [4.78, 5) is 36.4. The van der Waals surface area contributed by atoms with Gasteiger partial charge in [0, 0.05) is 18.4 Å². The Bertz CT molecular complexity index is 643. The highest BCUT2D eigenvalue weighted by Gasteiger charge is 2.40. The van der Waals surface area contributed by atoms with E-state index in [0.29, 0.717) is 23.3 Å². The van der Waals surface area contributed by atoms with Crippen molar-refractivity contribution in [3.63, 3.8) is 0 Å². The summed E-state index contributed by atoms with van der Waals surface area (Å²) in [6.07, 6.45) is 1.11. The average molecular weight is 353 g/mol. The highest BCUT2D eigenvalue weighted by atomic mass is 79.9. The predicted octanol–water partition coefficient (Wildman–Crippen LogP) is 1.87. The van der Waals surface area contributed by atoms with Gasteiger partial charge in [0.15, 0.2) is 0 Å². The Kier molecular flexibility index (Phi) is 3.44. The fourth-order valence-electron chi connectivity index (χ4n) is 2.71. The molecule has 3 rings (SSSR count). The topological polar surface area (TPSA) is 66.9 Å². The highest BCUT2D eigenvalue weighted by molar-refractivity contribution is 9.10. The second-order valence-electron chi connectivity index (χ2n) is 4.92. The van der Waals surface area contributed by atoms with Gasteiger partial charge in [-0.25, -0.2) is 5.01 Å². The van der Waals surface area contributed by atoms with E-state index >= 15 is 0 Å². The Balaban J connectivity index is 2.00. The van der Waals surface area contributed by atoms with Gasteiger partial charge >= 0.3 is 0 Å². The Morgan fingerprint density at radius 3 is 2.43 bits per heavy atom. The molecule has 21 heavy (non-hydrogen) atoms. The molecule has 0 aliphatic carbocycles. The number of benzene rings is 1. The van der Waals surface area contributed by atoms with Crippen molar-refractivity contribution in [1.82, 2.24) is 10.0 Å². The van der Waals surface area contributed by atoms with Gasteiger partial charge < -0.3 is 4.74 Å². The number of hydrogen-bond acceptors (Lipinski definition) is 4. The number of imide groups is 1. The maximum absolute atomic E-state index is 12.5. The zero-order chi connectivity index (χ0) is 15.1. The van der Waals surface area contributed by atoms with Gasteiger partial charge in [-0.15, -0.1) is 0 Å². The summed E-state index contributed by atoms with van der Waals surface area (Å²) in [7, 11) is 1.52. The van der Waals surface area contributed by atoms with Crippen LogP contribution in [-0.2, 0) is 16.1 Å². The quantitative estimate of drug-likeness (QED) is 0.762. The number of hydrogen-bond donors (Lipinski definition) is 0. The maximum Gasteiger partial charge on any atom is 0.273 e. The summed E-state index contributed by atoms with van der Waals surface area (Å²) >= 11 is 3.37. The van der Waals surface area contributed by atoms with E-state index < -0.39 is 0 Å². The second kappa shape index (κ2) is 5.14. The molecule has 0 bridgehead atoms. The first-order chi connectivity index (χ1) is 10.0. The number of carbonyl (C=O) groups excluding carboxylic acids is 3. The van der Waals surface area contributed by atoms with Crippen LogP contribution in [0.15, 0.2) is 16.6 Å². The number of carbonyl (C=O) groups is 3. The Labute approximate surface area is 129 Å². The number of halogens is 1. The number of rotatable bonds is 2. The number of nitrogens with zero attached hydrogens (tertiary/aromatic N) is 2. The number of piperidine rings is 1. The van der Waals surface area contributed by atoms with E-state index in [0.717, 1.165) is 9.48 Å². The summed E-state index contributed by atoms with van der Waals surface area (Å²) in [5.41, 5.74) is 1.14. The van der Waals surface area contributed by atoms with E-state index in [1.54, 1.807) is 12.1 Å². The number of methoxy groups -OCH3 is 1. The van der Waals surface area contributed by atoms with Crippen LogP contribution >= 0.6 is 15.9 Å². The minimum Gasteiger partial charge on any atom is -0.495 e. The van der Waals surface area contributed by atoms with Gasteiger partial charge in [-0.3, -0.25) is 14.4 Å². The van der Waals surface area contributed by atoms with Crippen molar-refractivity contribution in [3.8, 4) is 5.75 Å². The summed E-state index contributed by atoms with van der Waals surface area (Å²) in [5.74, 6) is -0.449. The molecule has 0 unspecified atom stereocenters. The molecule has 3 amide bonds. The number of fused-ring (bicyclic) bond motifs is 1. The lowest BCUT2D eigenvalue weighted by atomic mass is 10.1. The third-order valence-electron chi connectivity index (χ3n) is 3.68. The molecule has 2 aliphatic rings. The minimum atomic E-state index is -0.348. The smallest absolute Gasteiger partial charge is 0.273 e. The van der Waals surface area contributed by atoms with Crippen molar-refractivity contribution < 1.29 is 19.1 Å². The van der Waals surface area contributed by atoms with Crippen molar-refractivity contribution in [2.75, 3.05) is 7.11 Å². The van der Waals surface area contributed by atoms with Crippen molar-refractivity contribution >= 4 is 33.7 Å². The second-order valence-corrected chi connectivity index (χ2v) is 5.78. The third-order valence-corrected chi connectivity index (χ3v) is 4.31. The molecule has 2 aliphatic heterocycles. The zero-order valence-electron chi connectivity index (χ0n) is 11.4. The molecule has 2 heterocycles. The van der Waals surface area contributed by atoms with Crippen molar-refractivity contribution in [2.45, 2.75) is 25.8 Å². The van der Waals surface area contributed by atoms with Crippen LogP contribution in [0.1, 0.15) is 35.2 Å². The monoisotopic (exact) mass is 352 g/mol. The molecule has 1 aromatic rings. The van der Waals surface area contributed by atoms with E-state index in [-0.39, 0.29) is 37.1 Å². The molecule has 0 radical (unpaired) electrons. The lowest BCUT2D eigenvalue weighted by Gasteiger charge is -2.32. The summed E-state index contributed by atoms with van der Waals surface area (Å²) in [6, 6.07) is 3.39. The lowest BCUT2D eigenvalue weighted by molar-refractivity contribution is -0.163. The SMILES string of the molecule is COc1c(Br)ccc2c1CN(N1C(=O)CCCC1=O)C2=O. The normalized spacial score (nSPS) is 18.3. The van der Waals surface area contributed by atoms with Crippen molar-refractivity contribution in [3.05, 3.63) is 27.7 Å². The first-order valence-electron chi connectivity index (χ1n) is 6.57. The van der Waals surface area contributed by atoms with Crippen LogP contribution in [0.3, 0.4) is 0 Å². The van der Waals surface area contributed by atoms with E-state index in [9.17, 15) is 14.4 Å².